The summed E-state index contributed by atoms with van der Waals surface area (Å²) in [6.07, 6.45) is 7.98. The van der Waals surface area contributed by atoms with Gasteiger partial charge in [0.15, 0.2) is 0 Å². The van der Waals surface area contributed by atoms with Crippen LogP contribution in [0.4, 0.5) is 5.69 Å². The minimum absolute atomic E-state index is 0.00287. The first kappa shape index (κ1) is 25.7. The Bertz CT molecular complexity index is 1210. The van der Waals surface area contributed by atoms with E-state index in [1.165, 1.54) is 0 Å². The fourth-order valence-corrected chi connectivity index (χ4v) is 5.27. The third kappa shape index (κ3) is 5.98. The van der Waals surface area contributed by atoms with Gasteiger partial charge in [0.25, 0.3) is 0 Å². The number of halogens is 1. The summed E-state index contributed by atoms with van der Waals surface area (Å²) in [5.74, 6) is 0.845. The van der Waals surface area contributed by atoms with Gasteiger partial charge in [-0.05, 0) is 44.2 Å². The number of nitrogens with one attached hydrogen (secondary N) is 3. The van der Waals surface area contributed by atoms with Gasteiger partial charge < -0.3 is 20.7 Å². The van der Waals surface area contributed by atoms with Crippen molar-refractivity contribution in [1.29, 1.82) is 0 Å². The summed E-state index contributed by atoms with van der Waals surface area (Å²) in [6.45, 7) is 13.3. The van der Waals surface area contributed by atoms with Crippen molar-refractivity contribution in [1.82, 2.24) is 25.5 Å². The van der Waals surface area contributed by atoms with Crippen molar-refractivity contribution in [2.45, 2.75) is 64.4 Å². The fourth-order valence-electron chi connectivity index (χ4n) is 5.04. The van der Waals surface area contributed by atoms with Crippen LogP contribution in [0.2, 0.25) is 5.02 Å². The number of nitrogens with zero attached hydrogens (tertiary/aromatic N) is 4. The van der Waals surface area contributed by atoms with Crippen molar-refractivity contribution in [3.8, 4) is 0 Å². The number of aliphatic imine (C=N–C) groups is 1. The largest absolute Gasteiger partial charge is 0.376 e. The molecule has 9 heteroatoms. The Labute approximate surface area is 224 Å². The quantitative estimate of drug-likeness (QED) is 0.556. The molecular formula is C28H36ClN7O. The highest BCUT2D eigenvalue weighted by Crippen LogP contribution is 2.28. The third-order valence-electron chi connectivity index (χ3n) is 6.69. The van der Waals surface area contributed by atoms with Gasteiger partial charge >= 0.3 is 0 Å². The highest BCUT2D eigenvalue weighted by molar-refractivity contribution is 6.32. The maximum Gasteiger partial charge on any atom is 0.133 e. The van der Waals surface area contributed by atoms with Crippen molar-refractivity contribution >= 4 is 28.7 Å². The number of allylic oxidation sites excluding steroid dienone is 2. The van der Waals surface area contributed by atoms with Gasteiger partial charge in [-0.2, -0.15) is 0 Å². The molecular weight excluding hydrogens is 486 g/mol. The molecule has 0 saturated carbocycles. The van der Waals surface area contributed by atoms with Gasteiger partial charge in [-0.3, -0.25) is 14.9 Å². The average molecular weight is 522 g/mol. The van der Waals surface area contributed by atoms with Crippen LogP contribution in [0.1, 0.15) is 46.0 Å². The second-order valence-corrected chi connectivity index (χ2v) is 11.5. The number of rotatable bonds is 4. The summed E-state index contributed by atoms with van der Waals surface area (Å²) >= 11 is 6.46. The number of fused-ring (bicyclic) bond motifs is 1. The first-order chi connectivity index (χ1) is 17.7. The van der Waals surface area contributed by atoms with Crippen LogP contribution in [0, 0.1) is 0 Å². The first-order valence-electron chi connectivity index (χ1n) is 12.9. The topological polar surface area (TPSA) is 86.7 Å². The van der Waals surface area contributed by atoms with E-state index in [1.807, 2.05) is 24.5 Å². The number of hydrogen-bond donors (Lipinski definition) is 3. The summed E-state index contributed by atoms with van der Waals surface area (Å²) in [7, 11) is 0. The van der Waals surface area contributed by atoms with Crippen LogP contribution in [0.3, 0.4) is 0 Å². The van der Waals surface area contributed by atoms with E-state index in [0.29, 0.717) is 5.02 Å². The molecule has 0 aliphatic carbocycles. The SMILES string of the molecule is CC1CN(CC2N=C(Nc3ccc(C(C)(C)C)nc3)C3NC=C(c4ncccc4Cl)C=C3N2)C[C@H](C)O1. The Kier molecular flexibility index (Phi) is 7.25. The molecule has 0 radical (unpaired) electrons. The standard InChI is InChI=1S/C28H36ClN7O/c1-17-14-36(15-18(2)37-17)16-24-34-22-11-19(25-21(29)7-6-10-30-25)12-32-26(22)27(35-24)33-20-8-9-23(31-13-20)28(3,4)5/h6-13,17-18,24,26,32,34H,14-16H2,1-5H3,(H,33,35)/t17-,18?,24?,26?/m0/s1. The predicted molar refractivity (Wildman–Crippen MR) is 150 cm³/mol. The molecule has 37 heavy (non-hydrogen) atoms. The molecule has 5 heterocycles. The van der Waals surface area contributed by atoms with Crippen molar-refractivity contribution in [3.05, 3.63) is 71.0 Å². The molecule has 3 aliphatic heterocycles. The van der Waals surface area contributed by atoms with Crippen LogP contribution in [0.15, 0.2) is 59.6 Å². The van der Waals surface area contributed by atoms with Crippen molar-refractivity contribution in [2.75, 3.05) is 25.0 Å². The lowest BCUT2D eigenvalue weighted by Crippen LogP contribution is -2.56. The highest BCUT2D eigenvalue weighted by atomic mass is 35.5. The Balaban J connectivity index is 1.42. The van der Waals surface area contributed by atoms with Gasteiger partial charge in [0.1, 0.15) is 18.0 Å². The maximum atomic E-state index is 6.46. The molecule has 1 saturated heterocycles. The Hall–Kier alpha value is -2.94. The lowest BCUT2D eigenvalue weighted by molar-refractivity contribution is -0.0695. The average Bonchev–Trinajstić information content (AvgIpc) is 2.83. The lowest BCUT2D eigenvalue weighted by atomic mass is 9.92. The van der Waals surface area contributed by atoms with Gasteiger partial charge in [-0.1, -0.05) is 32.4 Å². The van der Waals surface area contributed by atoms with E-state index in [-0.39, 0.29) is 29.8 Å². The molecule has 0 bridgehead atoms. The smallest absolute Gasteiger partial charge is 0.133 e. The third-order valence-corrected chi connectivity index (χ3v) is 7.00. The molecule has 4 atom stereocenters. The maximum absolute atomic E-state index is 6.46. The van der Waals surface area contributed by atoms with E-state index in [2.05, 4.69) is 83.6 Å². The monoisotopic (exact) mass is 521 g/mol. The summed E-state index contributed by atoms with van der Waals surface area (Å²) < 4.78 is 5.93. The van der Waals surface area contributed by atoms with Crippen molar-refractivity contribution in [2.24, 2.45) is 4.99 Å². The number of aromatic nitrogens is 2. The van der Waals surface area contributed by atoms with E-state index in [4.69, 9.17) is 21.3 Å². The minimum Gasteiger partial charge on any atom is -0.376 e. The molecule has 1 fully saturated rings. The van der Waals surface area contributed by atoms with Gasteiger partial charge in [0, 0.05) is 54.4 Å². The van der Waals surface area contributed by atoms with Crippen LogP contribution in [0.25, 0.3) is 5.57 Å². The molecule has 196 valence electrons. The van der Waals surface area contributed by atoms with Gasteiger partial charge in [0.05, 0.1) is 34.8 Å². The molecule has 0 amide bonds. The normalized spacial score (nSPS) is 26.2. The Morgan fingerprint density at radius 1 is 1.14 bits per heavy atom. The van der Waals surface area contributed by atoms with Crippen LogP contribution >= 0.6 is 11.6 Å². The summed E-state index contributed by atoms with van der Waals surface area (Å²) in [6, 6.07) is 7.69. The number of morpholine rings is 1. The van der Waals surface area contributed by atoms with E-state index >= 15 is 0 Å². The second-order valence-electron chi connectivity index (χ2n) is 11.1. The molecule has 3 aliphatic rings. The predicted octanol–water partition coefficient (Wildman–Crippen LogP) is 4.17. The van der Waals surface area contributed by atoms with Crippen LogP contribution in [-0.2, 0) is 10.2 Å². The van der Waals surface area contributed by atoms with Gasteiger partial charge in [-0.15, -0.1) is 0 Å². The molecule has 2 aromatic heterocycles. The van der Waals surface area contributed by atoms with Crippen LogP contribution in [-0.4, -0.2) is 64.8 Å². The number of pyridine rings is 2. The van der Waals surface area contributed by atoms with E-state index in [1.54, 1.807) is 6.20 Å². The van der Waals surface area contributed by atoms with E-state index in [0.717, 1.165) is 53.8 Å². The number of dihydropyridines is 1. The minimum atomic E-state index is -0.146. The Morgan fingerprint density at radius 3 is 2.59 bits per heavy atom. The molecule has 0 aromatic carbocycles. The molecule has 2 aromatic rings. The van der Waals surface area contributed by atoms with Crippen molar-refractivity contribution < 1.29 is 4.74 Å². The second kappa shape index (κ2) is 10.4. The molecule has 5 rings (SSSR count). The van der Waals surface area contributed by atoms with E-state index < -0.39 is 0 Å². The zero-order valence-corrected chi connectivity index (χ0v) is 22.9. The van der Waals surface area contributed by atoms with Crippen molar-refractivity contribution in [3.63, 3.8) is 0 Å². The Morgan fingerprint density at radius 2 is 1.92 bits per heavy atom. The number of amidine groups is 1. The molecule has 3 unspecified atom stereocenters. The first-order valence-corrected chi connectivity index (χ1v) is 13.3. The highest BCUT2D eigenvalue weighted by Gasteiger charge is 2.33. The van der Waals surface area contributed by atoms with Gasteiger partial charge in [-0.25, -0.2) is 4.99 Å². The zero-order chi connectivity index (χ0) is 26.2. The molecule has 3 N–H and O–H groups in total. The fraction of sp³-hybridized carbons (Fsp3) is 0.464. The zero-order valence-electron chi connectivity index (χ0n) is 22.1. The molecule has 8 nitrogen and oxygen atoms in total. The number of ether oxygens (including phenoxy) is 1. The van der Waals surface area contributed by atoms with Crippen LogP contribution in [0.5, 0.6) is 0 Å². The summed E-state index contributed by atoms with van der Waals surface area (Å²) in [5, 5.41) is 11.3. The van der Waals surface area contributed by atoms with Crippen LogP contribution < -0.4 is 16.0 Å². The molecule has 0 spiro atoms. The number of anilines is 1. The summed E-state index contributed by atoms with van der Waals surface area (Å²) in [5.41, 5.74) is 4.65. The van der Waals surface area contributed by atoms with Gasteiger partial charge in [0.2, 0.25) is 0 Å². The number of hydrogen-bond acceptors (Lipinski definition) is 8. The lowest BCUT2D eigenvalue weighted by Gasteiger charge is -2.40. The van der Waals surface area contributed by atoms with E-state index in [9.17, 15) is 0 Å². The summed E-state index contributed by atoms with van der Waals surface area (Å²) in [4.78, 5) is 16.7.